The molecule has 0 saturated carbocycles. The molecule has 4 atom stereocenters. The second-order valence-electron chi connectivity index (χ2n) is 12.7. The van der Waals surface area contributed by atoms with Gasteiger partial charge in [-0.1, -0.05) is 115 Å². The van der Waals surface area contributed by atoms with Gasteiger partial charge in [0.15, 0.2) is 23.7 Å². The lowest BCUT2D eigenvalue weighted by atomic mass is 9.65. The molecule has 0 bridgehead atoms. The Morgan fingerprint density at radius 1 is 0.543 bits per heavy atom. The van der Waals surface area contributed by atoms with E-state index in [1.165, 1.54) is 33.4 Å². The normalized spacial score (nSPS) is 23.2. The highest BCUT2D eigenvalue weighted by atomic mass is 16.6. The lowest BCUT2D eigenvalue weighted by molar-refractivity contribution is 0.0673. The second kappa shape index (κ2) is 9.73. The van der Waals surface area contributed by atoms with Crippen LogP contribution in [-0.4, -0.2) is 12.2 Å². The Hall–Kier alpha value is -5.54. The molecule has 3 heteroatoms. The van der Waals surface area contributed by atoms with Gasteiger partial charge in [0.05, 0.1) is 11.1 Å². The number of hydrogen-bond acceptors (Lipinski definition) is 3. The maximum atomic E-state index is 7.11. The molecule has 3 nitrogen and oxygen atoms in total. The first-order valence-electron chi connectivity index (χ1n) is 16.2. The third-order valence-corrected chi connectivity index (χ3v) is 10.5. The molecular weight excluding hydrogens is 562 g/mol. The molecule has 0 saturated heterocycles. The van der Waals surface area contributed by atoms with Crippen molar-refractivity contribution in [2.45, 2.75) is 23.5 Å². The van der Waals surface area contributed by atoms with Crippen LogP contribution in [0.3, 0.4) is 0 Å². The first-order chi connectivity index (χ1) is 22.8. The Balaban J connectivity index is 1.14. The van der Waals surface area contributed by atoms with Gasteiger partial charge in [0.1, 0.15) is 0 Å². The predicted molar refractivity (Wildman–Crippen MR) is 184 cm³/mol. The largest absolute Gasteiger partial charge is 0.478 e. The molecule has 1 aliphatic heterocycles. The van der Waals surface area contributed by atoms with Gasteiger partial charge in [-0.15, -0.1) is 0 Å². The number of benzene rings is 5. The zero-order valence-electron chi connectivity index (χ0n) is 25.2. The average molecular weight is 594 g/mol. The quantitative estimate of drug-likeness (QED) is 0.208. The third kappa shape index (κ3) is 3.43. The minimum atomic E-state index is -0.321. The highest BCUT2D eigenvalue weighted by Gasteiger charge is 2.57. The topological polar surface area (TPSA) is 21.7 Å². The minimum absolute atomic E-state index is 0.245. The summed E-state index contributed by atoms with van der Waals surface area (Å²) in [6.07, 6.45) is 15.0. The summed E-state index contributed by atoms with van der Waals surface area (Å²) < 4.78 is 14.0. The van der Waals surface area contributed by atoms with Gasteiger partial charge in [-0.25, -0.2) is 0 Å². The Labute approximate surface area is 269 Å². The highest BCUT2D eigenvalue weighted by Crippen LogP contribution is 2.66. The van der Waals surface area contributed by atoms with Crippen LogP contribution in [0.15, 0.2) is 170 Å². The molecule has 1 spiro atoms. The molecule has 0 N–H and O–H groups in total. The Bertz CT molecular complexity index is 2060. The van der Waals surface area contributed by atoms with Crippen LogP contribution in [0, 0.1) is 5.92 Å². The van der Waals surface area contributed by atoms with Crippen LogP contribution < -0.4 is 14.4 Å². The van der Waals surface area contributed by atoms with Crippen molar-refractivity contribution in [3.63, 3.8) is 0 Å². The van der Waals surface area contributed by atoms with Crippen LogP contribution >= 0.6 is 0 Å². The number of anilines is 2. The zero-order valence-corrected chi connectivity index (χ0v) is 25.2. The molecule has 220 valence electrons. The maximum Gasteiger partial charge on any atom is 0.179 e. The molecule has 5 aliphatic rings. The molecule has 0 radical (unpaired) electrons. The summed E-state index contributed by atoms with van der Waals surface area (Å²) in [6.45, 7) is 0. The number of allylic oxidation sites excluding steroid dienone is 6. The summed E-state index contributed by atoms with van der Waals surface area (Å²) in [4.78, 5) is 2.29. The Kier molecular flexibility index (Phi) is 5.45. The van der Waals surface area contributed by atoms with Crippen LogP contribution in [-0.2, 0) is 5.41 Å². The molecule has 3 unspecified atom stereocenters. The van der Waals surface area contributed by atoms with Crippen molar-refractivity contribution in [3.05, 3.63) is 192 Å². The van der Waals surface area contributed by atoms with Gasteiger partial charge in [-0.2, -0.15) is 0 Å². The molecule has 1 heterocycles. The van der Waals surface area contributed by atoms with Gasteiger partial charge in [-0.05, 0) is 81.9 Å². The smallest absolute Gasteiger partial charge is 0.179 e. The molecule has 0 amide bonds. The Morgan fingerprint density at radius 2 is 1.15 bits per heavy atom. The molecule has 46 heavy (non-hydrogen) atoms. The minimum Gasteiger partial charge on any atom is -0.478 e. The number of hydrogen-bond donors (Lipinski definition) is 0. The van der Waals surface area contributed by atoms with Gasteiger partial charge in [0, 0.05) is 23.2 Å². The van der Waals surface area contributed by atoms with Crippen molar-refractivity contribution in [2.75, 3.05) is 4.90 Å². The van der Waals surface area contributed by atoms with E-state index in [0.29, 0.717) is 0 Å². The molecule has 0 fully saturated rings. The predicted octanol–water partition coefficient (Wildman–Crippen LogP) is 9.64. The van der Waals surface area contributed by atoms with Gasteiger partial charge >= 0.3 is 0 Å². The summed E-state index contributed by atoms with van der Waals surface area (Å²) in [7, 11) is 0. The summed E-state index contributed by atoms with van der Waals surface area (Å²) in [5.41, 5.74) is 10.9. The summed E-state index contributed by atoms with van der Waals surface area (Å²) in [5.74, 6) is 2.12. The van der Waals surface area contributed by atoms with Crippen molar-refractivity contribution < 1.29 is 9.47 Å². The zero-order chi connectivity index (χ0) is 30.2. The van der Waals surface area contributed by atoms with Crippen molar-refractivity contribution in [1.29, 1.82) is 0 Å². The van der Waals surface area contributed by atoms with Crippen LogP contribution in [0.2, 0.25) is 0 Å². The van der Waals surface area contributed by atoms with Crippen molar-refractivity contribution >= 4 is 11.4 Å². The lowest BCUT2D eigenvalue weighted by Gasteiger charge is -2.40. The molecule has 4 aliphatic carbocycles. The first kappa shape index (κ1) is 25.8. The molecule has 5 aromatic rings. The second-order valence-corrected chi connectivity index (χ2v) is 12.7. The van der Waals surface area contributed by atoms with Crippen molar-refractivity contribution in [1.82, 2.24) is 0 Å². The first-order valence-corrected chi connectivity index (χ1v) is 16.2. The standard InChI is InChI=1S/C43H31NO2/c1-3-14-28(15-4-1)44(29-16-5-2-6-17-29)38-24-13-25-39-42(38)46-41-27-37-33(26-40(41)45-39)32-20-9-12-23-36(32)43(37)34-21-10-7-18-30(34)31-19-8-11-22-35(31)43/h1-27,32,36,39,42H/t32?,36-,39?,42?/m1/s1. The van der Waals surface area contributed by atoms with Crippen LogP contribution in [0.5, 0.6) is 11.5 Å². The molecule has 5 aromatic carbocycles. The number of fused-ring (bicyclic) bond motifs is 12. The van der Waals surface area contributed by atoms with Crippen molar-refractivity contribution in [2.24, 2.45) is 5.92 Å². The average Bonchev–Trinajstić information content (AvgIpc) is 3.58. The van der Waals surface area contributed by atoms with Gasteiger partial charge < -0.3 is 14.4 Å². The van der Waals surface area contributed by atoms with E-state index < -0.39 is 0 Å². The fourth-order valence-electron chi connectivity index (χ4n) is 8.74. The van der Waals surface area contributed by atoms with E-state index in [0.717, 1.165) is 28.6 Å². The maximum absolute atomic E-state index is 7.11. The van der Waals surface area contributed by atoms with E-state index in [-0.39, 0.29) is 29.5 Å². The third-order valence-electron chi connectivity index (χ3n) is 10.5. The van der Waals surface area contributed by atoms with E-state index in [1.807, 2.05) is 0 Å². The fraction of sp³-hybridized carbons (Fsp3) is 0.116. The van der Waals surface area contributed by atoms with Gasteiger partial charge in [-0.3, -0.25) is 0 Å². The van der Waals surface area contributed by atoms with E-state index in [2.05, 4.69) is 169 Å². The summed E-state index contributed by atoms with van der Waals surface area (Å²) in [5, 5.41) is 0. The fourth-order valence-corrected chi connectivity index (χ4v) is 8.74. The SMILES string of the molecule is C1=CC2Oc3cc4c(cc3OC2C(N(c2ccccc2)c2ccccc2)=C1)C1(c2ccccc2-c2ccccc21)[C@@H]1C=CC=CC41. The number of nitrogens with zero attached hydrogens (tertiary/aromatic N) is 1. The Morgan fingerprint density at radius 3 is 1.85 bits per heavy atom. The van der Waals surface area contributed by atoms with E-state index in [4.69, 9.17) is 9.47 Å². The highest BCUT2D eigenvalue weighted by molar-refractivity contribution is 5.86. The number of para-hydroxylation sites is 2. The van der Waals surface area contributed by atoms with E-state index >= 15 is 0 Å². The van der Waals surface area contributed by atoms with Gasteiger partial charge in [0.2, 0.25) is 0 Å². The molecule has 0 aromatic heterocycles. The molecular formula is C43H31NO2. The van der Waals surface area contributed by atoms with Crippen LogP contribution in [0.4, 0.5) is 11.4 Å². The van der Waals surface area contributed by atoms with E-state index in [9.17, 15) is 0 Å². The summed E-state index contributed by atoms with van der Waals surface area (Å²) >= 11 is 0. The monoisotopic (exact) mass is 593 g/mol. The van der Waals surface area contributed by atoms with Crippen LogP contribution in [0.25, 0.3) is 11.1 Å². The molecule has 10 rings (SSSR count). The van der Waals surface area contributed by atoms with Crippen molar-refractivity contribution in [3.8, 4) is 22.6 Å². The summed E-state index contributed by atoms with van der Waals surface area (Å²) in [6, 6.07) is 43.6. The number of rotatable bonds is 3. The van der Waals surface area contributed by atoms with Crippen LogP contribution in [0.1, 0.15) is 28.2 Å². The lowest BCUT2D eigenvalue weighted by Crippen LogP contribution is -2.45. The number of ether oxygens (including phenoxy) is 2. The van der Waals surface area contributed by atoms with Gasteiger partial charge in [0.25, 0.3) is 0 Å². The van der Waals surface area contributed by atoms with E-state index in [1.54, 1.807) is 0 Å².